The Kier molecular flexibility index (Phi) is 5.03. The van der Waals surface area contributed by atoms with Crippen LogP contribution in [0.2, 0.25) is 0 Å². The first-order valence-electron chi connectivity index (χ1n) is 5.94. The number of carbonyl (C=O) groups excluding carboxylic acids is 1. The number of carbonyl (C=O) groups is 1. The van der Waals surface area contributed by atoms with E-state index < -0.39 is 0 Å². The predicted octanol–water partition coefficient (Wildman–Crippen LogP) is 1.91. The maximum Gasteiger partial charge on any atom is 0.264 e. The topological polar surface area (TPSA) is 32.8 Å². The molecule has 0 bridgehead atoms. The number of alkyl halides is 1. The molecule has 4 nitrogen and oxygen atoms in total. The Labute approximate surface area is 120 Å². The summed E-state index contributed by atoms with van der Waals surface area (Å²) in [5.74, 6) is 0.892. The number of hydrogen-bond acceptors (Lipinski definition) is 4. The monoisotopic (exact) mass is 332 g/mol. The van der Waals surface area contributed by atoms with E-state index in [1.165, 1.54) is 11.3 Å². The molecule has 0 aromatic carbocycles. The smallest absolute Gasteiger partial charge is 0.264 e. The second-order valence-corrected chi connectivity index (χ2v) is 5.88. The SMILES string of the molecule is COc1csc(C(=O)N2CCN(CCBr)CC2)c1. The van der Waals surface area contributed by atoms with Crippen LogP contribution in [0.3, 0.4) is 0 Å². The van der Waals surface area contributed by atoms with E-state index in [1.54, 1.807) is 7.11 Å². The van der Waals surface area contributed by atoms with Gasteiger partial charge >= 0.3 is 0 Å². The highest BCUT2D eigenvalue weighted by molar-refractivity contribution is 9.09. The lowest BCUT2D eigenvalue weighted by Crippen LogP contribution is -2.48. The van der Waals surface area contributed by atoms with Gasteiger partial charge in [-0.15, -0.1) is 11.3 Å². The molecular weight excluding hydrogens is 316 g/mol. The van der Waals surface area contributed by atoms with Gasteiger partial charge < -0.3 is 9.64 Å². The van der Waals surface area contributed by atoms with Gasteiger partial charge in [-0.05, 0) is 0 Å². The largest absolute Gasteiger partial charge is 0.496 e. The zero-order valence-electron chi connectivity index (χ0n) is 10.4. The normalized spacial score (nSPS) is 16.9. The molecule has 0 radical (unpaired) electrons. The standard InChI is InChI=1S/C12H17BrN2O2S/c1-17-10-8-11(18-9-10)12(16)15-6-4-14(3-2-13)5-7-15/h8-9H,2-7H2,1H3. The quantitative estimate of drug-likeness (QED) is 0.789. The molecule has 0 saturated carbocycles. The number of rotatable bonds is 4. The molecule has 6 heteroatoms. The van der Waals surface area contributed by atoms with Crippen molar-refractivity contribution in [2.45, 2.75) is 0 Å². The van der Waals surface area contributed by atoms with Crippen molar-refractivity contribution in [3.8, 4) is 5.75 Å². The molecule has 1 aliphatic rings. The minimum absolute atomic E-state index is 0.127. The minimum atomic E-state index is 0.127. The van der Waals surface area contributed by atoms with Crippen LogP contribution in [0.15, 0.2) is 11.4 Å². The van der Waals surface area contributed by atoms with Crippen LogP contribution in [0.25, 0.3) is 0 Å². The molecule has 2 rings (SSSR count). The summed E-state index contributed by atoms with van der Waals surface area (Å²) in [5, 5.41) is 2.86. The molecule has 0 atom stereocenters. The van der Waals surface area contributed by atoms with Crippen LogP contribution >= 0.6 is 27.3 Å². The number of hydrogen-bond donors (Lipinski definition) is 0. The maximum atomic E-state index is 12.2. The van der Waals surface area contributed by atoms with Gasteiger partial charge in [0.05, 0.1) is 12.0 Å². The number of amides is 1. The zero-order chi connectivity index (χ0) is 13.0. The van der Waals surface area contributed by atoms with Crippen molar-refractivity contribution >= 4 is 33.2 Å². The van der Waals surface area contributed by atoms with Crippen LogP contribution in [0.5, 0.6) is 5.75 Å². The molecule has 1 amide bonds. The summed E-state index contributed by atoms with van der Waals surface area (Å²) in [6.07, 6.45) is 0. The van der Waals surface area contributed by atoms with Gasteiger partial charge in [0.1, 0.15) is 5.75 Å². The fraction of sp³-hybridized carbons (Fsp3) is 0.583. The average molecular weight is 333 g/mol. The van der Waals surface area contributed by atoms with Gasteiger partial charge in [0.2, 0.25) is 0 Å². The number of piperazine rings is 1. The van der Waals surface area contributed by atoms with Crippen molar-refractivity contribution in [1.29, 1.82) is 0 Å². The first-order valence-corrected chi connectivity index (χ1v) is 7.95. The van der Waals surface area contributed by atoms with Gasteiger partial charge in [-0.1, -0.05) is 15.9 Å². The van der Waals surface area contributed by atoms with Crippen LogP contribution in [0.1, 0.15) is 9.67 Å². The summed E-state index contributed by atoms with van der Waals surface area (Å²) in [7, 11) is 1.62. The predicted molar refractivity (Wildman–Crippen MR) is 77.0 cm³/mol. The molecule has 0 aliphatic carbocycles. The van der Waals surface area contributed by atoms with Crippen molar-refractivity contribution in [2.24, 2.45) is 0 Å². The third-order valence-electron chi connectivity index (χ3n) is 3.08. The van der Waals surface area contributed by atoms with E-state index in [4.69, 9.17) is 4.74 Å². The number of nitrogens with zero attached hydrogens (tertiary/aromatic N) is 2. The molecule has 1 saturated heterocycles. The summed E-state index contributed by atoms with van der Waals surface area (Å²) in [6.45, 7) is 4.59. The number of thiophene rings is 1. The van der Waals surface area contributed by atoms with Gasteiger partial charge in [-0.2, -0.15) is 0 Å². The molecule has 0 spiro atoms. The Morgan fingerprint density at radius 1 is 1.44 bits per heavy atom. The fourth-order valence-corrected chi connectivity index (χ4v) is 3.31. The van der Waals surface area contributed by atoms with Crippen LogP contribution in [0, 0.1) is 0 Å². The average Bonchev–Trinajstić information content (AvgIpc) is 2.88. The molecule has 1 aromatic heterocycles. The van der Waals surface area contributed by atoms with E-state index in [2.05, 4.69) is 20.8 Å². The van der Waals surface area contributed by atoms with Crippen LogP contribution in [-0.4, -0.2) is 60.9 Å². The first kappa shape index (κ1) is 13.8. The number of ether oxygens (including phenoxy) is 1. The van der Waals surface area contributed by atoms with E-state index in [9.17, 15) is 4.79 Å². The highest BCUT2D eigenvalue weighted by Gasteiger charge is 2.22. The zero-order valence-corrected chi connectivity index (χ0v) is 12.8. The summed E-state index contributed by atoms with van der Waals surface area (Å²) in [4.78, 5) is 17.3. The third kappa shape index (κ3) is 3.24. The first-order chi connectivity index (χ1) is 8.74. The van der Waals surface area contributed by atoms with Crippen molar-refractivity contribution < 1.29 is 9.53 Å². The summed E-state index contributed by atoms with van der Waals surface area (Å²) < 4.78 is 5.11. The molecule has 1 aliphatic heterocycles. The summed E-state index contributed by atoms with van der Waals surface area (Å²) in [5.41, 5.74) is 0. The van der Waals surface area contributed by atoms with Crippen molar-refractivity contribution in [3.05, 3.63) is 16.3 Å². The third-order valence-corrected chi connectivity index (χ3v) is 4.33. The summed E-state index contributed by atoms with van der Waals surface area (Å²) >= 11 is 4.89. The van der Waals surface area contributed by atoms with E-state index in [0.29, 0.717) is 0 Å². The lowest BCUT2D eigenvalue weighted by Gasteiger charge is -2.34. The molecular formula is C12H17BrN2O2S. The van der Waals surface area contributed by atoms with Gasteiger partial charge in [0.15, 0.2) is 0 Å². The van der Waals surface area contributed by atoms with Gasteiger partial charge in [0.25, 0.3) is 5.91 Å². The molecule has 0 N–H and O–H groups in total. The van der Waals surface area contributed by atoms with Gasteiger partial charge in [-0.25, -0.2) is 0 Å². The Bertz CT molecular complexity index is 403. The van der Waals surface area contributed by atoms with E-state index in [1.807, 2.05) is 16.3 Å². The molecule has 18 heavy (non-hydrogen) atoms. The molecule has 1 fully saturated rings. The maximum absolute atomic E-state index is 12.2. The second kappa shape index (κ2) is 6.54. The number of halogens is 1. The summed E-state index contributed by atoms with van der Waals surface area (Å²) in [6, 6.07) is 1.82. The Balaban J connectivity index is 1.91. The molecule has 0 unspecified atom stereocenters. The molecule has 2 heterocycles. The highest BCUT2D eigenvalue weighted by atomic mass is 79.9. The molecule has 1 aromatic rings. The fourth-order valence-electron chi connectivity index (χ4n) is 1.99. The Morgan fingerprint density at radius 2 is 2.17 bits per heavy atom. The van der Waals surface area contributed by atoms with Crippen LogP contribution < -0.4 is 4.74 Å². The van der Waals surface area contributed by atoms with E-state index in [0.717, 1.165) is 48.7 Å². The van der Waals surface area contributed by atoms with Crippen molar-refractivity contribution in [2.75, 3.05) is 45.2 Å². The molecule has 100 valence electrons. The van der Waals surface area contributed by atoms with E-state index in [-0.39, 0.29) is 5.91 Å². The highest BCUT2D eigenvalue weighted by Crippen LogP contribution is 2.22. The Morgan fingerprint density at radius 3 is 2.72 bits per heavy atom. The number of methoxy groups -OCH3 is 1. The van der Waals surface area contributed by atoms with Gasteiger partial charge in [-0.3, -0.25) is 9.69 Å². The van der Waals surface area contributed by atoms with Gasteiger partial charge in [0, 0.05) is 49.5 Å². The second-order valence-electron chi connectivity index (χ2n) is 4.17. The van der Waals surface area contributed by atoms with Crippen LogP contribution in [-0.2, 0) is 0 Å². The Hall–Kier alpha value is -0.590. The minimum Gasteiger partial charge on any atom is -0.496 e. The van der Waals surface area contributed by atoms with E-state index >= 15 is 0 Å². The van der Waals surface area contributed by atoms with Crippen LogP contribution in [0.4, 0.5) is 0 Å². The van der Waals surface area contributed by atoms with Crippen molar-refractivity contribution in [3.63, 3.8) is 0 Å². The lowest BCUT2D eigenvalue weighted by atomic mass is 10.3. The lowest BCUT2D eigenvalue weighted by molar-refractivity contribution is 0.0649. The van der Waals surface area contributed by atoms with Crippen molar-refractivity contribution in [1.82, 2.24) is 9.80 Å².